The maximum absolute atomic E-state index is 12.7. The number of aromatic nitrogens is 1. The summed E-state index contributed by atoms with van der Waals surface area (Å²) < 4.78 is 49.0. The van der Waals surface area contributed by atoms with E-state index in [1.54, 1.807) is 14.2 Å². The molecule has 0 radical (unpaired) electrons. The highest BCUT2D eigenvalue weighted by Gasteiger charge is 2.33. The van der Waals surface area contributed by atoms with Gasteiger partial charge in [0.15, 0.2) is 11.7 Å². The van der Waals surface area contributed by atoms with Crippen molar-refractivity contribution in [3.8, 4) is 11.5 Å². The first kappa shape index (κ1) is 25.5. The number of guanidine groups is 1. The molecule has 11 heteroatoms. The summed E-state index contributed by atoms with van der Waals surface area (Å²) in [6, 6.07) is 5.86. The van der Waals surface area contributed by atoms with Gasteiger partial charge in [0.25, 0.3) is 0 Å². The van der Waals surface area contributed by atoms with Crippen LogP contribution in [0.2, 0.25) is 0 Å². The van der Waals surface area contributed by atoms with Crippen LogP contribution in [0.5, 0.6) is 11.5 Å². The number of hydrogen-bond acceptors (Lipinski definition) is 5. The first-order chi connectivity index (χ1) is 14.3. The summed E-state index contributed by atoms with van der Waals surface area (Å²) in [6.45, 7) is 4.27. The molecule has 0 bridgehead atoms. The molecule has 2 aromatic rings. The molecular weight excluding hydrogens is 544 g/mol. The van der Waals surface area contributed by atoms with Crippen LogP contribution in [0.4, 0.5) is 13.2 Å². The lowest BCUT2D eigenvalue weighted by molar-refractivity contribution is -0.140. The summed E-state index contributed by atoms with van der Waals surface area (Å²) in [6.07, 6.45) is -3.50. The van der Waals surface area contributed by atoms with Crippen molar-refractivity contribution in [2.24, 2.45) is 4.99 Å². The maximum Gasteiger partial charge on any atom is 0.434 e. The summed E-state index contributed by atoms with van der Waals surface area (Å²) >= 11 is 0.972. The Bertz CT molecular complexity index is 869. The first-order valence-electron chi connectivity index (χ1n) is 9.61. The number of halogens is 4. The first-order valence-corrected chi connectivity index (χ1v) is 10.5. The Labute approximate surface area is 200 Å². The average Bonchev–Trinajstić information content (AvgIpc) is 3.40. The van der Waals surface area contributed by atoms with Crippen LogP contribution in [0.1, 0.15) is 35.5 Å². The highest BCUT2D eigenvalue weighted by molar-refractivity contribution is 14.0. The minimum Gasteiger partial charge on any atom is -0.497 e. The van der Waals surface area contributed by atoms with Crippen molar-refractivity contribution in [2.45, 2.75) is 32.0 Å². The number of hydrogen-bond donors (Lipinski definition) is 1. The molecular formula is C20H26F3IN4O2S. The van der Waals surface area contributed by atoms with Gasteiger partial charge < -0.3 is 19.7 Å². The van der Waals surface area contributed by atoms with Gasteiger partial charge in [-0.2, -0.15) is 13.2 Å². The van der Waals surface area contributed by atoms with Crippen LogP contribution in [0.15, 0.2) is 28.6 Å². The summed E-state index contributed by atoms with van der Waals surface area (Å²) in [7, 11) is 3.25. The lowest BCUT2D eigenvalue weighted by Crippen LogP contribution is -2.40. The zero-order valence-electron chi connectivity index (χ0n) is 17.5. The smallest absolute Gasteiger partial charge is 0.434 e. The third-order valence-electron chi connectivity index (χ3n) is 4.87. The van der Waals surface area contributed by atoms with Gasteiger partial charge >= 0.3 is 6.18 Å². The van der Waals surface area contributed by atoms with E-state index in [9.17, 15) is 13.2 Å². The van der Waals surface area contributed by atoms with E-state index in [0.29, 0.717) is 17.5 Å². The van der Waals surface area contributed by atoms with Gasteiger partial charge in [0.05, 0.1) is 20.8 Å². The Hall–Kier alpha value is -1.76. The van der Waals surface area contributed by atoms with Crippen LogP contribution >= 0.6 is 35.3 Å². The number of ether oxygens (including phenoxy) is 2. The number of alkyl halides is 3. The van der Waals surface area contributed by atoms with Crippen LogP contribution < -0.4 is 14.8 Å². The monoisotopic (exact) mass is 570 g/mol. The van der Waals surface area contributed by atoms with E-state index in [1.807, 2.05) is 25.1 Å². The topological polar surface area (TPSA) is 59.0 Å². The fourth-order valence-electron chi connectivity index (χ4n) is 3.37. The minimum atomic E-state index is -4.43. The number of nitrogens with zero attached hydrogens (tertiary/aromatic N) is 3. The Morgan fingerprint density at radius 1 is 1.26 bits per heavy atom. The van der Waals surface area contributed by atoms with Gasteiger partial charge in [0.2, 0.25) is 0 Å². The van der Waals surface area contributed by atoms with Gasteiger partial charge in [0.1, 0.15) is 16.5 Å². The van der Waals surface area contributed by atoms with Crippen molar-refractivity contribution >= 4 is 41.3 Å². The second-order valence-electron chi connectivity index (χ2n) is 6.87. The number of rotatable bonds is 6. The maximum atomic E-state index is 12.7. The number of thiazole rings is 1. The molecule has 3 rings (SSSR count). The molecule has 6 nitrogen and oxygen atoms in total. The standard InChI is InChI=1S/C20H25F3N4O2S.HI/c1-4-24-19(25-10-18-26-17(12-30-18)20(21,22)23)27-6-5-13(11-27)14-7-15(28-2)9-16(8-14)29-3;/h7-9,12-13H,4-6,10-11H2,1-3H3,(H,24,25);1H. The quantitative estimate of drug-likeness (QED) is 0.309. The molecule has 0 amide bonds. The molecule has 0 saturated carbocycles. The van der Waals surface area contributed by atoms with Gasteiger partial charge in [-0.3, -0.25) is 0 Å². The molecule has 1 saturated heterocycles. The second-order valence-corrected chi connectivity index (χ2v) is 7.81. The van der Waals surface area contributed by atoms with Gasteiger partial charge in [-0.05, 0) is 31.0 Å². The summed E-state index contributed by atoms with van der Waals surface area (Å²) in [4.78, 5) is 10.3. The summed E-state index contributed by atoms with van der Waals surface area (Å²) in [5.41, 5.74) is 0.259. The highest BCUT2D eigenvalue weighted by Crippen LogP contribution is 2.33. The van der Waals surface area contributed by atoms with Crippen molar-refractivity contribution < 1.29 is 22.6 Å². The molecule has 1 unspecified atom stereocenters. The van der Waals surface area contributed by atoms with Gasteiger partial charge in [-0.25, -0.2) is 9.98 Å². The fraction of sp³-hybridized carbons (Fsp3) is 0.500. The van der Waals surface area contributed by atoms with E-state index >= 15 is 0 Å². The lowest BCUT2D eigenvalue weighted by Gasteiger charge is -2.22. The van der Waals surface area contributed by atoms with Crippen molar-refractivity contribution in [1.29, 1.82) is 0 Å². The SMILES string of the molecule is CCNC(=NCc1nc(C(F)(F)F)cs1)N1CCC(c2cc(OC)cc(OC)c2)C1.I. The Morgan fingerprint density at radius 2 is 1.94 bits per heavy atom. The van der Waals surface area contributed by atoms with Crippen molar-refractivity contribution in [3.63, 3.8) is 0 Å². The Morgan fingerprint density at radius 3 is 2.48 bits per heavy atom. The molecule has 172 valence electrons. The molecule has 0 aliphatic carbocycles. The predicted molar refractivity (Wildman–Crippen MR) is 126 cm³/mol. The molecule has 1 N–H and O–H groups in total. The summed E-state index contributed by atoms with van der Waals surface area (Å²) in [5.74, 6) is 2.44. The van der Waals surface area contributed by atoms with Gasteiger partial charge in [0, 0.05) is 37.0 Å². The van der Waals surface area contributed by atoms with Crippen molar-refractivity contribution in [2.75, 3.05) is 33.9 Å². The van der Waals surface area contributed by atoms with E-state index in [4.69, 9.17) is 9.47 Å². The zero-order valence-corrected chi connectivity index (χ0v) is 20.7. The predicted octanol–water partition coefficient (Wildman–Crippen LogP) is 4.75. The number of aliphatic imine (C=N–C) groups is 1. The molecule has 1 aromatic carbocycles. The molecule has 1 fully saturated rings. The number of nitrogens with one attached hydrogen (secondary N) is 1. The third-order valence-corrected chi connectivity index (χ3v) is 5.71. The van der Waals surface area contributed by atoms with E-state index in [-0.39, 0.29) is 36.4 Å². The fourth-order valence-corrected chi connectivity index (χ4v) is 4.10. The van der Waals surface area contributed by atoms with Gasteiger partial charge in [-0.1, -0.05) is 0 Å². The summed E-state index contributed by atoms with van der Waals surface area (Å²) in [5, 5.41) is 4.60. The van der Waals surface area contributed by atoms with E-state index in [2.05, 4.69) is 20.2 Å². The normalized spacial score (nSPS) is 16.8. The zero-order chi connectivity index (χ0) is 21.7. The molecule has 2 heterocycles. The highest BCUT2D eigenvalue weighted by atomic mass is 127. The van der Waals surface area contributed by atoms with E-state index < -0.39 is 11.9 Å². The van der Waals surface area contributed by atoms with Crippen LogP contribution in [0.25, 0.3) is 0 Å². The van der Waals surface area contributed by atoms with Crippen molar-refractivity contribution in [1.82, 2.24) is 15.2 Å². The third kappa shape index (κ3) is 6.61. The number of benzene rings is 1. The lowest BCUT2D eigenvalue weighted by atomic mass is 9.98. The molecule has 0 spiro atoms. The van der Waals surface area contributed by atoms with Crippen LogP contribution in [0.3, 0.4) is 0 Å². The van der Waals surface area contributed by atoms with Crippen molar-refractivity contribution in [3.05, 3.63) is 39.8 Å². The molecule has 1 aliphatic heterocycles. The molecule has 1 atom stereocenters. The van der Waals surface area contributed by atoms with E-state index in [1.165, 1.54) is 0 Å². The Kier molecular flexibility index (Phi) is 9.22. The minimum absolute atomic E-state index is 0. The molecule has 1 aromatic heterocycles. The molecule has 1 aliphatic rings. The van der Waals surface area contributed by atoms with Crippen LogP contribution in [-0.4, -0.2) is 49.7 Å². The Balaban J connectivity index is 0.00000341. The second kappa shape index (κ2) is 11.2. The van der Waals surface area contributed by atoms with E-state index in [0.717, 1.165) is 53.3 Å². The van der Waals surface area contributed by atoms with Gasteiger partial charge in [-0.15, -0.1) is 35.3 Å². The average molecular weight is 570 g/mol. The molecule has 31 heavy (non-hydrogen) atoms. The van der Waals surface area contributed by atoms with Crippen LogP contribution in [0, 0.1) is 0 Å². The van der Waals surface area contributed by atoms with Crippen LogP contribution in [-0.2, 0) is 12.7 Å². The number of methoxy groups -OCH3 is 2. The largest absolute Gasteiger partial charge is 0.497 e. The number of likely N-dealkylation sites (tertiary alicyclic amines) is 1.